The third-order valence-corrected chi connectivity index (χ3v) is 7.96. The molecule has 52 heavy (non-hydrogen) atoms. The van der Waals surface area contributed by atoms with E-state index in [-0.39, 0.29) is 39.5 Å². The SMILES string of the molecule is CNC(=O)N[C@H](COCC[C@@H](C)OC(C)=O)COP(=O)(O)OCCNC(=O)NCCOP(=O)(O)OC[C@@H](COCC[C@@H](C)OC(C)=O)NC(=O)NC. The topological polar surface area (TPSA) is 306 Å². The molecule has 2 unspecified atom stereocenters. The fourth-order valence-electron chi connectivity index (χ4n) is 3.57. The molecule has 0 radical (unpaired) electrons. The number of hydrogen-bond donors (Lipinski definition) is 8. The Morgan fingerprint density at radius 2 is 0.942 bits per heavy atom. The van der Waals surface area contributed by atoms with E-state index in [0.29, 0.717) is 12.8 Å². The second-order valence-corrected chi connectivity index (χ2v) is 13.7. The van der Waals surface area contributed by atoms with Crippen molar-refractivity contribution in [1.29, 1.82) is 0 Å². The second kappa shape index (κ2) is 27.5. The molecule has 0 aromatic carbocycles. The number of rotatable bonds is 28. The van der Waals surface area contributed by atoms with E-state index < -0.39 is 96.4 Å². The minimum absolute atomic E-state index is 0.103. The lowest BCUT2D eigenvalue weighted by Gasteiger charge is -2.21. The maximum atomic E-state index is 12.3. The first kappa shape index (κ1) is 48.9. The average molecular weight is 797 g/mol. The normalized spacial score (nSPS) is 15.7. The van der Waals surface area contributed by atoms with Crippen LogP contribution in [0.15, 0.2) is 0 Å². The molecule has 0 aliphatic rings. The predicted octanol–water partition coefficient (Wildman–Crippen LogP) is -0.135. The van der Waals surface area contributed by atoms with E-state index in [0.717, 1.165) is 0 Å². The molecule has 0 fully saturated rings. The lowest BCUT2D eigenvalue weighted by molar-refractivity contribution is -0.147. The molecule has 23 nitrogen and oxygen atoms in total. The molecule has 25 heteroatoms. The molecule has 0 bridgehead atoms. The van der Waals surface area contributed by atoms with Crippen LogP contribution in [0.4, 0.5) is 14.4 Å². The van der Waals surface area contributed by atoms with Gasteiger partial charge in [0.15, 0.2) is 0 Å². The second-order valence-electron chi connectivity index (χ2n) is 10.8. The van der Waals surface area contributed by atoms with Crippen molar-refractivity contribution in [1.82, 2.24) is 31.9 Å². The molecular formula is C27H54N6O17P2. The summed E-state index contributed by atoms with van der Waals surface area (Å²) in [5.41, 5.74) is 0. The third-order valence-electron chi connectivity index (χ3n) is 6.00. The molecule has 0 saturated heterocycles. The Labute approximate surface area is 302 Å². The van der Waals surface area contributed by atoms with Crippen LogP contribution < -0.4 is 31.9 Å². The van der Waals surface area contributed by atoms with Gasteiger partial charge in [0.05, 0.1) is 64.9 Å². The van der Waals surface area contributed by atoms with Crippen molar-refractivity contribution in [3.05, 3.63) is 0 Å². The quantitative estimate of drug-likeness (QED) is 0.0290. The highest BCUT2D eigenvalue weighted by atomic mass is 31.2. The molecule has 6 amide bonds. The van der Waals surface area contributed by atoms with Crippen molar-refractivity contribution >= 4 is 45.7 Å². The predicted molar refractivity (Wildman–Crippen MR) is 181 cm³/mol. The Morgan fingerprint density at radius 1 is 0.577 bits per heavy atom. The zero-order chi connectivity index (χ0) is 39.6. The first-order chi connectivity index (χ1) is 24.4. The number of hydrogen-bond acceptors (Lipinski definition) is 15. The first-order valence-corrected chi connectivity index (χ1v) is 19.1. The summed E-state index contributed by atoms with van der Waals surface area (Å²) in [5, 5.41) is 14.3. The summed E-state index contributed by atoms with van der Waals surface area (Å²) < 4.78 is 64.9. The summed E-state index contributed by atoms with van der Waals surface area (Å²) in [7, 11) is -6.49. The van der Waals surface area contributed by atoms with E-state index in [2.05, 4.69) is 31.9 Å². The lowest BCUT2D eigenvalue weighted by Crippen LogP contribution is -2.45. The number of nitrogens with one attached hydrogen (secondary N) is 6. The van der Waals surface area contributed by atoms with Gasteiger partial charge >= 0.3 is 45.7 Å². The van der Waals surface area contributed by atoms with Gasteiger partial charge < -0.3 is 60.6 Å². The standard InChI is InChI=1S/C27H54N6O17P2/c1-19(49-21(3)34)7-11-43-15-23(32-25(36)28-5)17-47-51(39,40)45-13-9-30-27(38)31-10-14-46-52(41,42)48-18-24(33-26(37)29-6)16-44-12-8-20(2)50-22(4)35/h19-20,23-24H,7-18H2,1-6H3,(H,39,40)(H,41,42)(H2,28,32,36)(H2,29,33,37)(H2,30,31,38)/t19-,20-,23-,24-/m1/s1. The van der Waals surface area contributed by atoms with Crippen LogP contribution in [0.25, 0.3) is 0 Å². The first-order valence-electron chi connectivity index (χ1n) is 16.1. The minimum atomic E-state index is -4.61. The van der Waals surface area contributed by atoms with Crippen LogP contribution in [0.1, 0.15) is 40.5 Å². The number of carbonyl (C=O) groups is 5. The molecule has 0 aliphatic heterocycles. The number of ether oxygens (including phenoxy) is 4. The molecule has 0 heterocycles. The van der Waals surface area contributed by atoms with Crippen LogP contribution in [-0.2, 0) is 55.8 Å². The Morgan fingerprint density at radius 3 is 1.27 bits per heavy atom. The van der Waals surface area contributed by atoms with Crippen molar-refractivity contribution in [2.45, 2.75) is 64.8 Å². The molecule has 0 aromatic heterocycles. The minimum Gasteiger partial charge on any atom is -0.463 e. The van der Waals surface area contributed by atoms with Gasteiger partial charge in [-0.15, -0.1) is 0 Å². The van der Waals surface area contributed by atoms with Crippen LogP contribution in [0.3, 0.4) is 0 Å². The Kier molecular flexibility index (Phi) is 25.8. The zero-order valence-electron chi connectivity index (χ0n) is 30.2. The number of esters is 2. The maximum Gasteiger partial charge on any atom is 0.472 e. The van der Waals surface area contributed by atoms with E-state index in [1.807, 2.05) is 0 Å². The summed E-state index contributed by atoms with van der Waals surface area (Å²) in [5.74, 6) is -0.875. The number of carbonyl (C=O) groups excluding carboxylic acids is 5. The van der Waals surface area contributed by atoms with Crippen molar-refractivity contribution < 1.29 is 79.9 Å². The summed E-state index contributed by atoms with van der Waals surface area (Å²) in [4.78, 5) is 77.4. The number of phosphoric ester groups is 2. The Hall–Kier alpha value is -3.11. The van der Waals surface area contributed by atoms with E-state index in [4.69, 9.17) is 37.0 Å². The molecule has 304 valence electrons. The molecule has 8 N–H and O–H groups in total. The average Bonchev–Trinajstić information content (AvgIpc) is 3.05. The summed E-state index contributed by atoms with van der Waals surface area (Å²) in [6, 6.07) is -3.67. The van der Waals surface area contributed by atoms with Crippen molar-refractivity contribution in [3.8, 4) is 0 Å². The number of urea groups is 3. The molecule has 0 spiro atoms. The van der Waals surface area contributed by atoms with E-state index >= 15 is 0 Å². The molecule has 0 rings (SSSR count). The number of phosphoric acid groups is 2. The van der Waals surface area contributed by atoms with Gasteiger partial charge in [0.1, 0.15) is 12.2 Å². The van der Waals surface area contributed by atoms with Crippen molar-refractivity contribution in [2.75, 3.05) is 80.0 Å². The molecule has 6 atom stereocenters. The summed E-state index contributed by atoms with van der Waals surface area (Å²) in [6.45, 7) is 3.73. The van der Waals surface area contributed by atoms with Crippen LogP contribution in [0.5, 0.6) is 0 Å². The fourth-order valence-corrected chi connectivity index (χ4v) is 5.10. The van der Waals surface area contributed by atoms with Crippen LogP contribution in [0.2, 0.25) is 0 Å². The van der Waals surface area contributed by atoms with E-state index in [1.165, 1.54) is 27.9 Å². The number of amides is 6. The van der Waals surface area contributed by atoms with Gasteiger partial charge in [-0.25, -0.2) is 23.5 Å². The fraction of sp³-hybridized carbons (Fsp3) is 0.815. The van der Waals surface area contributed by atoms with Gasteiger partial charge in [-0.05, 0) is 13.8 Å². The maximum absolute atomic E-state index is 12.3. The van der Waals surface area contributed by atoms with Crippen molar-refractivity contribution in [2.24, 2.45) is 0 Å². The van der Waals surface area contributed by atoms with Gasteiger partial charge in [0.25, 0.3) is 0 Å². The van der Waals surface area contributed by atoms with Gasteiger partial charge in [0.2, 0.25) is 0 Å². The third kappa shape index (κ3) is 28.5. The van der Waals surface area contributed by atoms with Crippen molar-refractivity contribution in [3.63, 3.8) is 0 Å². The summed E-state index contributed by atoms with van der Waals surface area (Å²) >= 11 is 0. The highest BCUT2D eigenvalue weighted by Crippen LogP contribution is 2.43. The highest BCUT2D eigenvalue weighted by molar-refractivity contribution is 7.47. The van der Waals surface area contributed by atoms with E-state index in [9.17, 15) is 42.9 Å². The monoisotopic (exact) mass is 796 g/mol. The molecule has 0 saturated carbocycles. The Balaban J connectivity index is 4.46. The zero-order valence-corrected chi connectivity index (χ0v) is 32.0. The molecular weight excluding hydrogens is 742 g/mol. The molecule has 0 aromatic rings. The van der Waals surface area contributed by atoms with Gasteiger partial charge in [0, 0.05) is 53.9 Å². The molecule has 0 aliphatic carbocycles. The Bertz CT molecular complexity index is 1100. The van der Waals surface area contributed by atoms with E-state index in [1.54, 1.807) is 13.8 Å². The van der Waals surface area contributed by atoms with Crippen LogP contribution in [-0.4, -0.2) is 144 Å². The lowest BCUT2D eigenvalue weighted by atomic mass is 10.3. The highest BCUT2D eigenvalue weighted by Gasteiger charge is 2.26. The van der Waals surface area contributed by atoms with Gasteiger partial charge in [-0.3, -0.25) is 27.7 Å². The van der Waals surface area contributed by atoms with Gasteiger partial charge in [-0.1, -0.05) is 0 Å². The van der Waals surface area contributed by atoms with Gasteiger partial charge in [-0.2, -0.15) is 0 Å². The van der Waals surface area contributed by atoms with Crippen LogP contribution in [0, 0.1) is 0 Å². The smallest absolute Gasteiger partial charge is 0.463 e. The largest absolute Gasteiger partial charge is 0.472 e. The van der Waals surface area contributed by atoms with Crippen LogP contribution >= 0.6 is 15.6 Å². The summed E-state index contributed by atoms with van der Waals surface area (Å²) in [6.07, 6.45) is -0.0450.